The highest BCUT2D eigenvalue weighted by atomic mass is 16.4. The van der Waals surface area contributed by atoms with Crippen molar-refractivity contribution in [2.24, 2.45) is 5.92 Å². The fraction of sp³-hybridized carbons (Fsp3) is 0.769. The SMILES string of the molecule is CC(C)N(C(C)C)C1CC(C#CC(=O)O)C1. The van der Waals surface area contributed by atoms with Gasteiger partial charge in [0.25, 0.3) is 0 Å². The van der Waals surface area contributed by atoms with Crippen molar-refractivity contribution in [2.75, 3.05) is 0 Å². The first-order chi connectivity index (χ1) is 7.41. The minimum atomic E-state index is -1.02. The average molecular weight is 223 g/mol. The molecule has 0 aliphatic heterocycles. The third-order valence-corrected chi connectivity index (χ3v) is 3.11. The Morgan fingerprint density at radius 3 is 2.12 bits per heavy atom. The summed E-state index contributed by atoms with van der Waals surface area (Å²) in [6.45, 7) is 8.82. The van der Waals surface area contributed by atoms with Crippen molar-refractivity contribution < 1.29 is 9.90 Å². The van der Waals surface area contributed by atoms with E-state index in [2.05, 4.69) is 44.4 Å². The third kappa shape index (κ3) is 3.24. The van der Waals surface area contributed by atoms with Crippen molar-refractivity contribution in [3.8, 4) is 11.8 Å². The summed E-state index contributed by atoms with van der Waals surface area (Å²) in [6, 6.07) is 1.66. The largest absolute Gasteiger partial charge is 0.472 e. The van der Waals surface area contributed by atoms with Gasteiger partial charge in [0, 0.05) is 30.0 Å². The highest BCUT2D eigenvalue weighted by molar-refractivity contribution is 5.86. The van der Waals surface area contributed by atoms with Crippen LogP contribution in [0.3, 0.4) is 0 Å². The fourth-order valence-electron chi connectivity index (χ4n) is 2.55. The topological polar surface area (TPSA) is 40.5 Å². The quantitative estimate of drug-likeness (QED) is 0.744. The molecule has 1 rings (SSSR count). The number of carboxylic acid groups (broad SMARTS) is 1. The van der Waals surface area contributed by atoms with Crippen molar-refractivity contribution in [1.29, 1.82) is 0 Å². The Bertz CT molecular complexity index is 298. The minimum absolute atomic E-state index is 0.279. The molecule has 0 aromatic carbocycles. The Morgan fingerprint density at radius 2 is 1.75 bits per heavy atom. The van der Waals surface area contributed by atoms with E-state index in [0.717, 1.165) is 12.8 Å². The van der Waals surface area contributed by atoms with Crippen LogP contribution in [0.5, 0.6) is 0 Å². The van der Waals surface area contributed by atoms with E-state index in [0.29, 0.717) is 18.1 Å². The maximum atomic E-state index is 10.3. The molecule has 90 valence electrons. The highest BCUT2D eigenvalue weighted by Gasteiger charge is 2.34. The molecule has 0 radical (unpaired) electrons. The smallest absolute Gasteiger partial charge is 0.381 e. The summed E-state index contributed by atoms with van der Waals surface area (Å²) < 4.78 is 0. The van der Waals surface area contributed by atoms with E-state index >= 15 is 0 Å². The maximum Gasteiger partial charge on any atom is 0.381 e. The number of aliphatic carboxylic acids is 1. The summed E-state index contributed by atoms with van der Waals surface area (Å²) in [7, 11) is 0. The number of hydrogen-bond donors (Lipinski definition) is 1. The van der Waals surface area contributed by atoms with Crippen molar-refractivity contribution in [1.82, 2.24) is 4.90 Å². The molecular formula is C13H21NO2. The molecule has 1 fully saturated rings. The highest BCUT2D eigenvalue weighted by Crippen LogP contribution is 2.33. The molecule has 1 N–H and O–H groups in total. The average Bonchev–Trinajstić information content (AvgIpc) is 2.06. The van der Waals surface area contributed by atoms with Crippen LogP contribution in [0.1, 0.15) is 40.5 Å². The van der Waals surface area contributed by atoms with Gasteiger partial charge in [-0.25, -0.2) is 4.79 Å². The van der Waals surface area contributed by atoms with Crippen LogP contribution in [-0.2, 0) is 4.79 Å². The molecule has 0 atom stereocenters. The van der Waals surface area contributed by atoms with Crippen molar-refractivity contribution in [2.45, 2.75) is 58.7 Å². The molecule has 3 heteroatoms. The first kappa shape index (κ1) is 13.1. The summed E-state index contributed by atoms with van der Waals surface area (Å²) in [6.07, 6.45) is 2.02. The van der Waals surface area contributed by atoms with Gasteiger partial charge in [0.15, 0.2) is 0 Å². The van der Waals surface area contributed by atoms with Gasteiger partial charge in [-0.15, -0.1) is 0 Å². The third-order valence-electron chi connectivity index (χ3n) is 3.11. The lowest BCUT2D eigenvalue weighted by Gasteiger charge is -2.45. The van der Waals surface area contributed by atoms with E-state index in [9.17, 15) is 4.79 Å². The fourth-order valence-corrected chi connectivity index (χ4v) is 2.55. The number of nitrogens with zero attached hydrogens (tertiary/aromatic N) is 1. The summed E-state index contributed by atoms with van der Waals surface area (Å²) in [5.41, 5.74) is 0. The van der Waals surface area contributed by atoms with Crippen LogP contribution in [0.15, 0.2) is 0 Å². The minimum Gasteiger partial charge on any atom is -0.472 e. The van der Waals surface area contributed by atoms with E-state index in [1.807, 2.05) is 0 Å². The molecule has 1 saturated carbocycles. The first-order valence-corrected chi connectivity index (χ1v) is 5.93. The summed E-state index contributed by atoms with van der Waals surface area (Å²) in [4.78, 5) is 12.8. The van der Waals surface area contributed by atoms with Gasteiger partial charge in [0.05, 0.1) is 0 Å². The zero-order chi connectivity index (χ0) is 12.3. The second kappa shape index (κ2) is 5.36. The van der Waals surface area contributed by atoms with Crippen molar-refractivity contribution >= 4 is 5.97 Å². The molecule has 0 aromatic heterocycles. The maximum absolute atomic E-state index is 10.3. The predicted octanol–water partition coefficient (Wildman–Crippen LogP) is 1.97. The van der Waals surface area contributed by atoms with Crippen LogP contribution >= 0.6 is 0 Å². The van der Waals surface area contributed by atoms with E-state index in [-0.39, 0.29) is 5.92 Å². The van der Waals surface area contributed by atoms with Gasteiger partial charge in [0.2, 0.25) is 0 Å². The summed E-state index contributed by atoms with van der Waals surface area (Å²) >= 11 is 0. The molecule has 0 saturated heterocycles. The summed E-state index contributed by atoms with van der Waals surface area (Å²) in [5.74, 6) is 4.28. The number of rotatable bonds is 3. The molecule has 0 aromatic rings. The first-order valence-electron chi connectivity index (χ1n) is 5.93. The normalized spacial score (nSPS) is 24.2. The summed E-state index contributed by atoms with van der Waals surface area (Å²) in [5, 5.41) is 8.45. The standard InChI is InChI=1S/C13H21NO2/c1-9(2)14(10(3)4)12-7-11(8-12)5-6-13(15)16/h9-12H,7-8H2,1-4H3,(H,15,16). The van der Waals surface area contributed by atoms with Crippen LogP contribution < -0.4 is 0 Å². The molecule has 0 unspecified atom stereocenters. The van der Waals surface area contributed by atoms with Crippen LogP contribution in [-0.4, -0.2) is 34.1 Å². The van der Waals surface area contributed by atoms with Gasteiger partial charge in [-0.05, 0) is 40.5 Å². The van der Waals surface area contributed by atoms with Gasteiger partial charge >= 0.3 is 5.97 Å². The molecule has 0 amide bonds. The molecule has 3 nitrogen and oxygen atoms in total. The second-order valence-electron chi connectivity index (χ2n) is 5.03. The second-order valence-corrected chi connectivity index (χ2v) is 5.03. The van der Waals surface area contributed by atoms with Gasteiger partial charge in [0.1, 0.15) is 0 Å². The Kier molecular flexibility index (Phi) is 4.37. The lowest BCUT2D eigenvalue weighted by Crippen LogP contribution is -2.51. The van der Waals surface area contributed by atoms with Gasteiger partial charge in [-0.3, -0.25) is 4.90 Å². The lowest BCUT2D eigenvalue weighted by molar-refractivity contribution is -0.130. The Balaban J connectivity index is 2.46. The number of hydrogen-bond acceptors (Lipinski definition) is 2. The van der Waals surface area contributed by atoms with E-state index < -0.39 is 5.97 Å². The Labute approximate surface area is 97.8 Å². The van der Waals surface area contributed by atoms with E-state index in [1.165, 1.54) is 0 Å². The van der Waals surface area contributed by atoms with Gasteiger partial charge in [-0.1, -0.05) is 5.92 Å². The zero-order valence-corrected chi connectivity index (χ0v) is 10.5. The van der Waals surface area contributed by atoms with Crippen LogP contribution in [0.25, 0.3) is 0 Å². The van der Waals surface area contributed by atoms with Crippen molar-refractivity contribution in [3.63, 3.8) is 0 Å². The zero-order valence-electron chi connectivity index (χ0n) is 10.5. The van der Waals surface area contributed by atoms with E-state index in [1.54, 1.807) is 0 Å². The molecular weight excluding hydrogens is 202 g/mol. The van der Waals surface area contributed by atoms with Crippen LogP contribution in [0.4, 0.5) is 0 Å². The molecule has 1 aliphatic carbocycles. The predicted molar refractivity (Wildman–Crippen MR) is 64.0 cm³/mol. The lowest BCUT2D eigenvalue weighted by atomic mass is 9.78. The van der Waals surface area contributed by atoms with Gasteiger partial charge in [-0.2, -0.15) is 0 Å². The Morgan fingerprint density at radius 1 is 1.25 bits per heavy atom. The number of carboxylic acids is 1. The van der Waals surface area contributed by atoms with E-state index in [4.69, 9.17) is 5.11 Å². The molecule has 16 heavy (non-hydrogen) atoms. The van der Waals surface area contributed by atoms with Crippen molar-refractivity contribution in [3.05, 3.63) is 0 Å². The van der Waals surface area contributed by atoms with Gasteiger partial charge < -0.3 is 5.11 Å². The van der Waals surface area contributed by atoms with Crippen LogP contribution in [0.2, 0.25) is 0 Å². The van der Waals surface area contributed by atoms with Crippen LogP contribution in [0, 0.1) is 17.8 Å². The monoisotopic (exact) mass is 223 g/mol. The molecule has 0 heterocycles. The Hall–Kier alpha value is -1.01. The molecule has 1 aliphatic rings. The number of carbonyl (C=O) groups is 1. The molecule has 0 spiro atoms. The molecule has 0 bridgehead atoms.